The number of carbonyl (C=O) groups is 1. The summed E-state index contributed by atoms with van der Waals surface area (Å²) in [6, 6.07) is 0.358. The van der Waals surface area contributed by atoms with Crippen molar-refractivity contribution in [2.75, 3.05) is 20.3 Å². The fourth-order valence-corrected chi connectivity index (χ4v) is 2.94. The molecule has 3 unspecified atom stereocenters. The van der Waals surface area contributed by atoms with Crippen LogP contribution in [-0.2, 0) is 9.53 Å². The first-order valence-corrected chi connectivity index (χ1v) is 7.05. The van der Waals surface area contributed by atoms with E-state index in [0.717, 1.165) is 11.8 Å². The van der Waals surface area contributed by atoms with Crippen LogP contribution in [0.4, 0.5) is 0 Å². The third-order valence-corrected chi connectivity index (χ3v) is 3.66. The minimum Gasteiger partial charge on any atom is -0.383 e. The van der Waals surface area contributed by atoms with Crippen molar-refractivity contribution in [2.24, 2.45) is 11.8 Å². The standard InChI is InChI=1S/C14H28N2O2/c1-10-7-11(2)9-13(8-10)16-12(3)14(17)15-5-6-18-4/h10-13,16H,5-9H2,1-4H3,(H,15,17). The van der Waals surface area contributed by atoms with Crippen LogP contribution < -0.4 is 10.6 Å². The molecule has 1 saturated carbocycles. The van der Waals surface area contributed by atoms with Crippen molar-refractivity contribution in [3.05, 3.63) is 0 Å². The van der Waals surface area contributed by atoms with Crippen LogP contribution in [0.5, 0.6) is 0 Å². The summed E-state index contributed by atoms with van der Waals surface area (Å²) in [4.78, 5) is 11.8. The molecule has 3 atom stereocenters. The van der Waals surface area contributed by atoms with Crippen LogP contribution in [0.25, 0.3) is 0 Å². The van der Waals surface area contributed by atoms with Gasteiger partial charge in [-0.05, 0) is 38.0 Å². The summed E-state index contributed by atoms with van der Waals surface area (Å²) in [6.07, 6.45) is 3.67. The summed E-state index contributed by atoms with van der Waals surface area (Å²) in [5.74, 6) is 1.59. The molecule has 1 rings (SSSR count). The van der Waals surface area contributed by atoms with Gasteiger partial charge in [0, 0.05) is 19.7 Å². The lowest BCUT2D eigenvalue weighted by atomic mass is 9.80. The van der Waals surface area contributed by atoms with Gasteiger partial charge in [0.2, 0.25) is 5.91 Å². The van der Waals surface area contributed by atoms with Crippen molar-refractivity contribution in [3.8, 4) is 0 Å². The average molecular weight is 256 g/mol. The second kappa shape index (κ2) is 7.74. The quantitative estimate of drug-likeness (QED) is 0.709. The van der Waals surface area contributed by atoms with Crippen molar-refractivity contribution >= 4 is 5.91 Å². The normalized spacial score (nSPS) is 29.9. The lowest BCUT2D eigenvalue weighted by Gasteiger charge is -2.33. The highest BCUT2D eigenvalue weighted by Gasteiger charge is 2.26. The van der Waals surface area contributed by atoms with Gasteiger partial charge in [-0.15, -0.1) is 0 Å². The monoisotopic (exact) mass is 256 g/mol. The Labute approximate surface area is 111 Å². The molecule has 0 radical (unpaired) electrons. The van der Waals surface area contributed by atoms with Crippen molar-refractivity contribution in [1.29, 1.82) is 0 Å². The number of hydrogen-bond acceptors (Lipinski definition) is 3. The van der Waals surface area contributed by atoms with Gasteiger partial charge in [-0.1, -0.05) is 13.8 Å². The zero-order valence-corrected chi connectivity index (χ0v) is 12.2. The van der Waals surface area contributed by atoms with Crippen molar-refractivity contribution in [1.82, 2.24) is 10.6 Å². The third-order valence-electron chi connectivity index (χ3n) is 3.66. The Bertz CT molecular complexity index is 248. The Kier molecular flexibility index (Phi) is 6.65. The van der Waals surface area contributed by atoms with Gasteiger partial charge < -0.3 is 15.4 Å². The van der Waals surface area contributed by atoms with Crippen LogP contribution in [0.15, 0.2) is 0 Å². The van der Waals surface area contributed by atoms with Gasteiger partial charge in [0.05, 0.1) is 12.6 Å². The number of amides is 1. The van der Waals surface area contributed by atoms with Crippen LogP contribution in [0, 0.1) is 11.8 Å². The minimum absolute atomic E-state index is 0.0675. The smallest absolute Gasteiger partial charge is 0.236 e. The second-order valence-electron chi connectivity index (χ2n) is 5.79. The van der Waals surface area contributed by atoms with Gasteiger partial charge in [0.15, 0.2) is 0 Å². The first-order chi connectivity index (χ1) is 8.52. The Morgan fingerprint density at radius 2 is 1.89 bits per heavy atom. The molecular weight excluding hydrogens is 228 g/mol. The average Bonchev–Trinajstić information content (AvgIpc) is 2.27. The molecule has 0 aromatic rings. The van der Waals surface area contributed by atoms with Crippen molar-refractivity contribution < 1.29 is 9.53 Å². The zero-order valence-electron chi connectivity index (χ0n) is 12.2. The molecule has 4 heteroatoms. The van der Waals surface area contributed by atoms with E-state index in [1.54, 1.807) is 7.11 Å². The molecule has 1 aliphatic rings. The molecule has 1 aliphatic carbocycles. The fraction of sp³-hybridized carbons (Fsp3) is 0.929. The van der Waals surface area contributed by atoms with Crippen molar-refractivity contribution in [2.45, 2.75) is 52.1 Å². The van der Waals surface area contributed by atoms with Crippen LogP contribution in [0.2, 0.25) is 0 Å². The van der Waals surface area contributed by atoms with E-state index >= 15 is 0 Å². The fourth-order valence-electron chi connectivity index (χ4n) is 2.94. The summed E-state index contributed by atoms with van der Waals surface area (Å²) >= 11 is 0. The van der Waals surface area contributed by atoms with Gasteiger partial charge in [0.1, 0.15) is 0 Å². The summed E-state index contributed by atoms with van der Waals surface area (Å²) in [5, 5.41) is 6.32. The molecule has 0 heterocycles. The first kappa shape index (κ1) is 15.4. The first-order valence-electron chi connectivity index (χ1n) is 7.05. The Hall–Kier alpha value is -0.610. The minimum atomic E-state index is -0.121. The predicted octanol–water partition coefficient (Wildman–Crippen LogP) is 1.55. The van der Waals surface area contributed by atoms with E-state index < -0.39 is 0 Å². The Morgan fingerprint density at radius 3 is 2.44 bits per heavy atom. The maximum absolute atomic E-state index is 11.8. The third kappa shape index (κ3) is 5.36. The van der Waals surface area contributed by atoms with Crippen LogP contribution >= 0.6 is 0 Å². The molecule has 0 spiro atoms. The molecule has 1 amide bonds. The van der Waals surface area contributed by atoms with Crippen LogP contribution in [0.3, 0.4) is 0 Å². The number of rotatable bonds is 6. The molecule has 0 aliphatic heterocycles. The van der Waals surface area contributed by atoms with E-state index in [0.29, 0.717) is 19.2 Å². The molecule has 106 valence electrons. The van der Waals surface area contributed by atoms with E-state index in [1.165, 1.54) is 19.3 Å². The van der Waals surface area contributed by atoms with Crippen LogP contribution in [0.1, 0.15) is 40.0 Å². The molecule has 0 saturated heterocycles. The summed E-state index contributed by atoms with van der Waals surface area (Å²) in [5.41, 5.74) is 0. The molecule has 1 fully saturated rings. The van der Waals surface area contributed by atoms with Gasteiger partial charge in [-0.25, -0.2) is 0 Å². The highest BCUT2D eigenvalue weighted by atomic mass is 16.5. The zero-order chi connectivity index (χ0) is 13.5. The number of carbonyl (C=O) groups excluding carboxylic acids is 1. The maximum Gasteiger partial charge on any atom is 0.236 e. The molecule has 0 aromatic heterocycles. The lowest BCUT2D eigenvalue weighted by Crippen LogP contribution is -2.49. The second-order valence-corrected chi connectivity index (χ2v) is 5.79. The lowest BCUT2D eigenvalue weighted by molar-refractivity contribution is -0.123. The van der Waals surface area contributed by atoms with Gasteiger partial charge in [-0.3, -0.25) is 4.79 Å². The number of hydrogen-bond donors (Lipinski definition) is 2. The van der Waals surface area contributed by atoms with E-state index in [1.807, 2.05) is 6.92 Å². The van der Waals surface area contributed by atoms with Gasteiger partial charge >= 0.3 is 0 Å². The maximum atomic E-state index is 11.8. The molecule has 0 bridgehead atoms. The summed E-state index contributed by atoms with van der Waals surface area (Å²) in [6.45, 7) is 7.68. The summed E-state index contributed by atoms with van der Waals surface area (Å²) in [7, 11) is 1.64. The summed E-state index contributed by atoms with van der Waals surface area (Å²) < 4.78 is 4.91. The Balaban J connectivity index is 2.29. The largest absolute Gasteiger partial charge is 0.383 e. The van der Waals surface area contributed by atoms with E-state index in [9.17, 15) is 4.79 Å². The molecule has 2 N–H and O–H groups in total. The van der Waals surface area contributed by atoms with Crippen LogP contribution in [-0.4, -0.2) is 38.3 Å². The van der Waals surface area contributed by atoms with E-state index in [2.05, 4.69) is 24.5 Å². The highest BCUT2D eigenvalue weighted by Crippen LogP contribution is 2.28. The molecular formula is C14H28N2O2. The van der Waals surface area contributed by atoms with E-state index in [4.69, 9.17) is 4.74 Å². The van der Waals surface area contributed by atoms with Gasteiger partial charge in [-0.2, -0.15) is 0 Å². The SMILES string of the molecule is COCCNC(=O)C(C)NC1CC(C)CC(C)C1. The number of methoxy groups -OCH3 is 1. The number of ether oxygens (including phenoxy) is 1. The molecule has 18 heavy (non-hydrogen) atoms. The highest BCUT2D eigenvalue weighted by molar-refractivity contribution is 5.81. The van der Waals surface area contributed by atoms with Gasteiger partial charge in [0.25, 0.3) is 0 Å². The predicted molar refractivity (Wildman–Crippen MR) is 73.5 cm³/mol. The topological polar surface area (TPSA) is 50.4 Å². The number of nitrogens with one attached hydrogen (secondary N) is 2. The molecule has 4 nitrogen and oxygen atoms in total. The molecule has 0 aromatic carbocycles. The van der Waals surface area contributed by atoms with E-state index in [-0.39, 0.29) is 11.9 Å². The Morgan fingerprint density at radius 1 is 1.28 bits per heavy atom. The van der Waals surface area contributed by atoms with Crippen molar-refractivity contribution in [3.63, 3.8) is 0 Å².